The van der Waals surface area contributed by atoms with E-state index in [2.05, 4.69) is 5.32 Å². The van der Waals surface area contributed by atoms with Crippen molar-refractivity contribution in [3.63, 3.8) is 0 Å². The van der Waals surface area contributed by atoms with Crippen LogP contribution in [0.5, 0.6) is 17.2 Å². The summed E-state index contributed by atoms with van der Waals surface area (Å²) in [6.45, 7) is 1.97. The molecule has 0 saturated carbocycles. The molecule has 2 rings (SSSR count). The molecular weight excluding hydrogens is 318 g/mol. The molecule has 0 spiro atoms. The summed E-state index contributed by atoms with van der Waals surface area (Å²) in [4.78, 5) is 12.2. The van der Waals surface area contributed by atoms with Crippen LogP contribution in [0.1, 0.15) is 30.5 Å². The Bertz CT molecular complexity index is 697. The molecule has 1 N–H and O–H groups in total. The number of hydrogen-bond donors (Lipinski definition) is 1. The summed E-state index contributed by atoms with van der Waals surface area (Å²) in [5.41, 5.74) is 2.07. The molecule has 5 nitrogen and oxygen atoms in total. The van der Waals surface area contributed by atoms with Crippen molar-refractivity contribution in [1.82, 2.24) is 5.32 Å². The van der Waals surface area contributed by atoms with Gasteiger partial charge in [0.15, 0.2) is 11.5 Å². The molecule has 0 aromatic heterocycles. The first-order chi connectivity index (χ1) is 12.1. The van der Waals surface area contributed by atoms with Gasteiger partial charge in [-0.25, -0.2) is 0 Å². The van der Waals surface area contributed by atoms with Crippen LogP contribution in [0.25, 0.3) is 0 Å². The Morgan fingerprint density at radius 3 is 2.24 bits per heavy atom. The van der Waals surface area contributed by atoms with Crippen LogP contribution in [-0.4, -0.2) is 27.2 Å². The van der Waals surface area contributed by atoms with E-state index in [0.717, 1.165) is 16.9 Å². The van der Waals surface area contributed by atoms with Gasteiger partial charge in [-0.1, -0.05) is 18.2 Å². The van der Waals surface area contributed by atoms with Crippen LogP contribution < -0.4 is 19.5 Å². The number of hydrogen-bond acceptors (Lipinski definition) is 4. The van der Waals surface area contributed by atoms with E-state index in [-0.39, 0.29) is 11.9 Å². The predicted molar refractivity (Wildman–Crippen MR) is 97.4 cm³/mol. The summed E-state index contributed by atoms with van der Waals surface area (Å²) >= 11 is 0. The average molecular weight is 343 g/mol. The lowest BCUT2D eigenvalue weighted by atomic mass is 10.1. The number of aryl methyl sites for hydroxylation is 1. The third-order valence-electron chi connectivity index (χ3n) is 4.08. The SMILES string of the molecule is COc1ccc([C@H](C)NC(=O)CCc2ccc(OC)c(OC)c2)cc1. The van der Waals surface area contributed by atoms with Crippen molar-refractivity contribution in [2.75, 3.05) is 21.3 Å². The molecule has 5 heteroatoms. The van der Waals surface area contributed by atoms with Gasteiger partial charge in [0.05, 0.1) is 27.4 Å². The van der Waals surface area contributed by atoms with Crippen molar-refractivity contribution in [1.29, 1.82) is 0 Å². The van der Waals surface area contributed by atoms with Crippen LogP contribution in [0.2, 0.25) is 0 Å². The molecule has 134 valence electrons. The Morgan fingerprint density at radius 2 is 1.64 bits per heavy atom. The zero-order chi connectivity index (χ0) is 18.2. The van der Waals surface area contributed by atoms with E-state index >= 15 is 0 Å². The topological polar surface area (TPSA) is 56.8 Å². The first-order valence-corrected chi connectivity index (χ1v) is 8.21. The molecular formula is C20H25NO4. The number of nitrogens with one attached hydrogen (secondary N) is 1. The molecule has 0 saturated heterocycles. The standard InChI is InChI=1S/C20H25NO4/c1-14(16-7-9-17(23-2)10-8-16)21-20(22)12-6-15-5-11-18(24-3)19(13-15)25-4/h5,7-11,13-14H,6,12H2,1-4H3,(H,21,22)/t14-/m0/s1. The third kappa shape index (κ3) is 5.14. The van der Waals surface area contributed by atoms with Crippen LogP contribution in [0.15, 0.2) is 42.5 Å². The minimum atomic E-state index is -0.0520. The summed E-state index contributed by atoms with van der Waals surface area (Å²) in [5.74, 6) is 2.17. The van der Waals surface area contributed by atoms with Gasteiger partial charge in [0.2, 0.25) is 5.91 Å². The third-order valence-corrected chi connectivity index (χ3v) is 4.08. The Balaban J connectivity index is 1.89. The lowest BCUT2D eigenvalue weighted by Gasteiger charge is -2.15. The summed E-state index contributed by atoms with van der Waals surface area (Å²) in [6.07, 6.45) is 1.05. The van der Waals surface area contributed by atoms with Gasteiger partial charge in [-0.2, -0.15) is 0 Å². The molecule has 0 bridgehead atoms. The van der Waals surface area contributed by atoms with Crippen molar-refractivity contribution in [3.05, 3.63) is 53.6 Å². The van der Waals surface area contributed by atoms with Gasteiger partial charge in [-0.3, -0.25) is 4.79 Å². The van der Waals surface area contributed by atoms with Gasteiger partial charge in [-0.15, -0.1) is 0 Å². The molecule has 0 unspecified atom stereocenters. The van der Waals surface area contributed by atoms with Crippen molar-refractivity contribution in [2.24, 2.45) is 0 Å². The number of amides is 1. The molecule has 0 radical (unpaired) electrons. The maximum Gasteiger partial charge on any atom is 0.220 e. The molecule has 0 aliphatic heterocycles. The van der Waals surface area contributed by atoms with Crippen LogP contribution in [0, 0.1) is 0 Å². The van der Waals surface area contributed by atoms with Crippen LogP contribution in [-0.2, 0) is 11.2 Å². The summed E-state index contributed by atoms with van der Waals surface area (Å²) in [6, 6.07) is 13.3. The van der Waals surface area contributed by atoms with Gasteiger partial charge in [0.1, 0.15) is 5.75 Å². The van der Waals surface area contributed by atoms with Gasteiger partial charge >= 0.3 is 0 Å². The molecule has 1 atom stereocenters. The molecule has 0 aliphatic carbocycles. The normalized spacial score (nSPS) is 11.5. The van der Waals surface area contributed by atoms with Gasteiger partial charge in [0, 0.05) is 6.42 Å². The molecule has 25 heavy (non-hydrogen) atoms. The molecule has 0 heterocycles. The first kappa shape index (κ1) is 18.6. The van der Waals surface area contributed by atoms with Crippen molar-refractivity contribution in [3.8, 4) is 17.2 Å². The zero-order valence-electron chi connectivity index (χ0n) is 15.2. The van der Waals surface area contributed by atoms with Crippen molar-refractivity contribution in [2.45, 2.75) is 25.8 Å². The number of carbonyl (C=O) groups is 1. The van der Waals surface area contributed by atoms with E-state index in [0.29, 0.717) is 24.3 Å². The Morgan fingerprint density at radius 1 is 0.960 bits per heavy atom. The van der Waals surface area contributed by atoms with Crippen LogP contribution >= 0.6 is 0 Å². The Kier molecular flexibility index (Phi) is 6.69. The minimum Gasteiger partial charge on any atom is -0.497 e. The minimum absolute atomic E-state index is 0.0121. The molecule has 0 fully saturated rings. The molecule has 2 aromatic rings. The van der Waals surface area contributed by atoms with Crippen LogP contribution in [0.4, 0.5) is 0 Å². The quantitative estimate of drug-likeness (QED) is 0.797. The summed E-state index contributed by atoms with van der Waals surface area (Å²) < 4.78 is 15.7. The van der Waals surface area contributed by atoms with Crippen molar-refractivity contribution < 1.29 is 19.0 Å². The van der Waals surface area contributed by atoms with Gasteiger partial charge in [-0.05, 0) is 48.7 Å². The first-order valence-electron chi connectivity index (χ1n) is 8.21. The zero-order valence-corrected chi connectivity index (χ0v) is 15.2. The number of ether oxygens (including phenoxy) is 3. The van der Waals surface area contributed by atoms with E-state index in [4.69, 9.17) is 14.2 Å². The Hall–Kier alpha value is -2.69. The van der Waals surface area contributed by atoms with E-state index in [1.807, 2.05) is 49.4 Å². The number of benzene rings is 2. The van der Waals surface area contributed by atoms with Crippen molar-refractivity contribution >= 4 is 5.91 Å². The second kappa shape index (κ2) is 8.97. The van der Waals surface area contributed by atoms with Crippen LogP contribution in [0.3, 0.4) is 0 Å². The second-order valence-corrected chi connectivity index (χ2v) is 5.75. The fourth-order valence-corrected chi connectivity index (χ4v) is 2.58. The fraction of sp³-hybridized carbons (Fsp3) is 0.350. The molecule has 1 amide bonds. The van der Waals surface area contributed by atoms with E-state index in [9.17, 15) is 4.79 Å². The lowest BCUT2D eigenvalue weighted by molar-refractivity contribution is -0.121. The maximum atomic E-state index is 12.2. The number of rotatable bonds is 8. The van der Waals surface area contributed by atoms with E-state index in [1.54, 1.807) is 21.3 Å². The predicted octanol–water partition coefficient (Wildman–Crippen LogP) is 3.52. The summed E-state index contributed by atoms with van der Waals surface area (Å²) in [7, 11) is 4.84. The highest BCUT2D eigenvalue weighted by molar-refractivity contribution is 5.76. The molecule has 0 aliphatic rings. The monoisotopic (exact) mass is 343 g/mol. The van der Waals surface area contributed by atoms with Gasteiger partial charge < -0.3 is 19.5 Å². The highest BCUT2D eigenvalue weighted by Gasteiger charge is 2.11. The average Bonchev–Trinajstić information content (AvgIpc) is 2.66. The highest BCUT2D eigenvalue weighted by atomic mass is 16.5. The fourth-order valence-electron chi connectivity index (χ4n) is 2.58. The molecule has 2 aromatic carbocycles. The number of methoxy groups -OCH3 is 3. The second-order valence-electron chi connectivity index (χ2n) is 5.75. The lowest BCUT2D eigenvalue weighted by Crippen LogP contribution is -2.26. The van der Waals surface area contributed by atoms with E-state index < -0.39 is 0 Å². The smallest absolute Gasteiger partial charge is 0.220 e. The largest absolute Gasteiger partial charge is 0.497 e. The highest BCUT2D eigenvalue weighted by Crippen LogP contribution is 2.28. The summed E-state index contributed by atoms with van der Waals surface area (Å²) in [5, 5.41) is 3.02. The van der Waals surface area contributed by atoms with Gasteiger partial charge in [0.25, 0.3) is 0 Å². The Labute approximate surface area is 148 Å². The maximum absolute atomic E-state index is 12.2. The number of carbonyl (C=O) groups excluding carboxylic acids is 1. The van der Waals surface area contributed by atoms with E-state index in [1.165, 1.54) is 0 Å².